The Bertz CT molecular complexity index is 2030. The molecule has 14 heteroatoms. The molecule has 0 atom stereocenters. The monoisotopic (exact) mass is 674 g/mol. The number of halogens is 2. The zero-order valence-corrected chi connectivity index (χ0v) is 26.7. The topological polar surface area (TPSA) is 167 Å². The predicted octanol–water partition coefficient (Wildman–Crippen LogP) is 6.98. The van der Waals surface area contributed by atoms with Gasteiger partial charge in [-0.2, -0.15) is 16.8 Å². The number of rotatable bonds is 6. The van der Waals surface area contributed by atoms with E-state index in [1.54, 1.807) is 13.8 Å². The molecule has 0 amide bonds. The van der Waals surface area contributed by atoms with Crippen LogP contribution in [0.3, 0.4) is 0 Å². The fraction of sp³-hybridized carbons (Fsp3) is 0.133. The molecule has 0 unspecified atom stereocenters. The van der Waals surface area contributed by atoms with Crippen molar-refractivity contribution in [2.24, 2.45) is 0 Å². The van der Waals surface area contributed by atoms with Crippen LogP contribution in [0.5, 0.6) is 0 Å². The van der Waals surface area contributed by atoms with E-state index in [2.05, 4.69) is 10.6 Å². The molecule has 0 saturated carbocycles. The average molecular weight is 676 g/mol. The molecule has 0 saturated heterocycles. The summed E-state index contributed by atoms with van der Waals surface area (Å²) in [4.78, 5) is 27.5. The molecule has 0 aliphatic heterocycles. The molecule has 0 spiro atoms. The van der Waals surface area contributed by atoms with Gasteiger partial charge in [-0.05, 0) is 86.3 Å². The van der Waals surface area contributed by atoms with Crippen LogP contribution in [0.2, 0.25) is 10.0 Å². The van der Waals surface area contributed by atoms with E-state index in [-0.39, 0.29) is 76.0 Å². The van der Waals surface area contributed by atoms with E-state index in [0.29, 0.717) is 11.1 Å². The summed E-state index contributed by atoms with van der Waals surface area (Å²) in [6.07, 6.45) is 0. The van der Waals surface area contributed by atoms with E-state index in [4.69, 9.17) is 23.2 Å². The Kier molecular flexibility index (Phi) is 7.90. The lowest BCUT2D eigenvalue weighted by molar-refractivity contribution is 0.0980. The Morgan fingerprint density at radius 3 is 1.25 bits per heavy atom. The van der Waals surface area contributed by atoms with Crippen LogP contribution in [-0.4, -0.2) is 37.5 Å². The minimum atomic E-state index is -4.57. The fourth-order valence-corrected chi connectivity index (χ4v) is 7.13. The number of hydrogen-bond donors (Lipinski definition) is 4. The van der Waals surface area contributed by atoms with E-state index in [0.717, 1.165) is 0 Å². The van der Waals surface area contributed by atoms with E-state index in [1.165, 1.54) is 62.4 Å². The summed E-state index contributed by atoms with van der Waals surface area (Å²) in [7, 11) is -9.15. The number of carbonyl (C=O) groups is 2. The van der Waals surface area contributed by atoms with Crippen molar-refractivity contribution in [1.29, 1.82) is 0 Å². The highest BCUT2D eigenvalue weighted by Gasteiger charge is 2.36. The molecule has 228 valence electrons. The zero-order valence-electron chi connectivity index (χ0n) is 23.5. The summed E-state index contributed by atoms with van der Waals surface area (Å²) in [5, 5.41) is 6.28. The van der Waals surface area contributed by atoms with Crippen LogP contribution in [0.25, 0.3) is 0 Å². The molecule has 0 aromatic heterocycles. The molecule has 4 aromatic carbocycles. The summed E-state index contributed by atoms with van der Waals surface area (Å²) >= 11 is 12.4. The van der Waals surface area contributed by atoms with Gasteiger partial charge in [0.15, 0.2) is 11.6 Å². The Hall–Kier alpha value is -3.78. The van der Waals surface area contributed by atoms with Crippen LogP contribution in [0.15, 0.2) is 58.3 Å². The van der Waals surface area contributed by atoms with Crippen molar-refractivity contribution < 1.29 is 35.5 Å². The minimum Gasteiger partial charge on any atom is -0.354 e. The van der Waals surface area contributed by atoms with Gasteiger partial charge in [-0.25, -0.2) is 0 Å². The first-order valence-electron chi connectivity index (χ1n) is 12.9. The summed E-state index contributed by atoms with van der Waals surface area (Å²) in [5.74, 6) is -1.17. The van der Waals surface area contributed by atoms with Crippen LogP contribution in [0, 0.1) is 27.7 Å². The zero-order chi connectivity index (χ0) is 32.5. The summed E-state index contributed by atoms with van der Waals surface area (Å²) < 4.78 is 67.4. The van der Waals surface area contributed by atoms with Gasteiger partial charge in [-0.3, -0.25) is 18.7 Å². The lowest BCUT2D eigenvalue weighted by Gasteiger charge is -2.26. The van der Waals surface area contributed by atoms with Gasteiger partial charge in [0, 0.05) is 22.5 Å². The molecular formula is C30H24Cl2N2O8S2. The van der Waals surface area contributed by atoms with Crippen molar-refractivity contribution >= 4 is 77.8 Å². The number of nitrogens with one attached hydrogen (secondary N) is 2. The summed E-state index contributed by atoms with van der Waals surface area (Å²) in [5.41, 5.74) is 2.28. The highest BCUT2D eigenvalue weighted by Crippen LogP contribution is 2.42. The Labute approximate surface area is 263 Å². The molecule has 5 rings (SSSR count). The largest absolute Gasteiger partial charge is 0.354 e. The molecule has 0 bridgehead atoms. The van der Waals surface area contributed by atoms with Crippen LogP contribution < -0.4 is 10.6 Å². The van der Waals surface area contributed by atoms with Gasteiger partial charge in [0.05, 0.1) is 42.3 Å². The lowest BCUT2D eigenvalue weighted by atomic mass is 9.82. The smallest absolute Gasteiger partial charge is 0.294 e. The second-order valence-corrected chi connectivity index (χ2v) is 13.9. The molecule has 0 radical (unpaired) electrons. The van der Waals surface area contributed by atoms with E-state index in [1.807, 2.05) is 0 Å². The van der Waals surface area contributed by atoms with Crippen molar-refractivity contribution in [3.63, 3.8) is 0 Å². The molecule has 4 N–H and O–H groups in total. The van der Waals surface area contributed by atoms with Crippen LogP contribution in [0.4, 0.5) is 22.7 Å². The summed E-state index contributed by atoms with van der Waals surface area (Å²) in [6, 6.07) is 11.1. The number of carbonyl (C=O) groups excluding carboxylic acids is 2. The Morgan fingerprint density at radius 2 is 0.932 bits per heavy atom. The van der Waals surface area contributed by atoms with Crippen LogP contribution in [0.1, 0.15) is 54.1 Å². The first kappa shape index (κ1) is 31.6. The highest BCUT2D eigenvalue weighted by molar-refractivity contribution is 7.86. The highest BCUT2D eigenvalue weighted by atomic mass is 35.5. The number of fused-ring (bicyclic) bond motifs is 2. The van der Waals surface area contributed by atoms with Crippen LogP contribution in [-0.2, 0) is 20.2 Å². The third-order valence-corrected chi connectivity index (χ3v) is 10.2. The quantitative estimate of drug-likeness (QED) is 0.138. The third kappa shape index (κ3) is 5.38. The van der Waals surface area contributed by atoms with Gasteiger partial charge in [0.1, 0.15) is 0 Å². The van der Waals surface area contributed by atoms with Gasteiger partial charge in [0.2, 0.25) is 0 Å². The van der Waals surface area contributed by atoms with Crippen molar-refractivity contribution in [2.45, 2.75) is 37.5 Å². The Morgan fingerprint density at radius 1 is 0.591 bits per heavy atom. The number of ketones is 2. The number of anilines is 4. The van der Waals surface area contributed by atoms with Gasteiger partial charge in [0.25, 0.3) is 20.2 Å². The fourth-order valence-electron chi connectivity index (χ4n) is 5.34. The number of aryl methyl sites for hydroxylation is 2. The van der Waals surface area contributed by atoms with E-state index < -0.39 is 31.8 Å². The average Bonchev–Trinajstić information content (AvgIpc) is 2.91. The number of benzene rings is 4. The maximum atomic E-state index is 14.1. The SMILES string of the molecule is Cc1ccc(S(=O)(=O)O)c(C)c1Nc1ccc(Nc2c(C)ccc(S(=O)(=O)O)c2C)c2c1C(=O)c1cc(Cl)c(Cl)cc1C2=O. The first-order valence-corrected chi connectivity index (χ1v) is 16.5. The maximum absolute atomic E-state index is 14.1. The number of hydrogen-bond acceptors (Lipinski definition) is 8. The molecule has 4 aromatic rings. The molecule has 0 fully saturated rings. The van der Waals surface area contributed by atoms with Gasteiger partial charge >= 0.3 is 0 Å². The minimum absolute atomic E-state index is 0.00189. The van der Waals surface area contributed by atoms with Crippen molar-refractivity contribution in [1.82, 2.24) is 0 Å². The van der Waals surface area contributed by atoms with Crippen molar-refractivity contribution in [2.75, 3.05) is 10.6 Å². The molecule has 10 nitrogen and oxygen atoms in total. The second-order valence-electron chi connectivity index (χ2n) is 10.3. The normalized spacial score (nSPS) is 13.0. The second kappa shape index (κ2) is 11.0. The molecule has 1 aliphatic carbocycles. The maximum Gasteiger partial charge on any atom is 0.294 e. The van der Waals surface area contributed by atoms with E-state index in [9.17, 15) is 35.5 Å². The predicted molar refractivity (Wildman–Crippen MR) is 168 cm³/mol. The molecule has 44 heavy (non-hydrogen) atoms. The van der Waals surface area contributed by atoms with Gasteiger partial charge in [-0.1, -0.05) is 35.3 Å². The molecule has 1 aliphatic rings. The van der Waals surface area contributed by atoms with E-state index >= 15 is 0 Å². The Balaban J connectivity index is 1.77. The molecular weight excluding hydrogens is 651 g/mol. The summed E-state index contributed by atoms with van der Waals surface area (Å²) in [6.45, 7) is 6.36. The van der Waals surface area contributed by atoms with Crippen molar-refractivity contribution in [3.05, 3.63) is 103 Å². The third-order valence-electron chi connectivity index (χ3n) is 7.53. The van der Waals surface area contributed by atoms with Gasteiger partial charge in [-0.15, -0.1) is 0 Å². The molecule has 0 heterocycles. The standard InChI is InChI=1S/C30H24Cl2N2O8S2/c1-13-5-9-23(43(37,38)39)15(3)27(13)33-21-7-8-22(34-28-14(2)6-10-24(16(28)4)44(40,41)42)26-25(21)29(35)17-11-19(31)20(32)12-18(17)30(26)36/h5-12,33-34H,1-4H3,(H,37,38,39)(H,40,41,42). The van der Waals surface area contributed by atoms with Gasteiger partial charge < -0.3 is 10.6 Å². The lowest BCUT2D eigenvalue weighted by Crippen LogP contribution is -2.24. The van der Waals surface area contributed by atoms with Crippen molar-refractivity contribution in [3.8, 4) is 0 Å². The first-order chi connectivity index (χ1) is 20.4. The van der Waals surface area contributed by atoms with Crippen LogP contribution >= 0.6 is 23.2 Å².